The van der Waals surface area contributed by atoms with Crippen LogP contribution >= 0.6 is 11.3 Å². The molecule has 0 aromatic carbocycles. The van der Waals surface area contributed by atoms with Gasteiger partial charge in [0.25, 0.3) is 5.56 Å². The first-order valence-electron chi connectivity index (χ1n) is 6.68. The molecule has 0 bridgehead atoms. The van der Waals surface area contributed by atoms with Crippen molar-refractivity contribution in [1.82, 2.24) is 25.1 Å². The maximum atomic E-state index is 12.2. The molecule has 114 valence electrons. The third-order valence-corrected chi connectivity index (χ3v) is 3.89. The SMILES string of the molecule is CCc1nnc(CNC(=O)Cn2cnc3ccsc3c2=O)o1. The smallest absolute Gasteiger partial charge is 0.271 e. The van der Waals surface area contributed by atoms with Gasteiger partial charge in [0, 0.05) is 6.42 Å². The highest BCUT2D eigenvalue weighted by atomic mass is 32.1. The van der Waals surface area contributed by atoms with Gasteiger partial charge < -0.3 is 9.73 Å². The molecule has 0 aliphatic rings. The number of hydrogen-bond donors (Lipinski definition) is 1. The molecule has 1 N–H and O–H groups in total. The highest BCUT2D eigenvalue weighted by Gasteiger charge is 2.10. The van der Waals surface area contributed by atoms with Crippen molar-refractivity contribution in [3.8, 4) is 0 Å². The molecule has 22 heavy (non-hydrogen) atoms. The van der Waals surface area contributed by atoms with Crippen molar-refractivity contribution in [2.24, 2.45) is 0 Å². The number of carbonyl (C=O) groups is 1. The number of rotatable bonds is 5. The number of amides is 1. The summed E-state index contributed by atoms with van der Waals surface area (Å²) in [6.07, 6.45) is 2.02. The highest BCUT2D eigenvalue weighted by molar-refractivity contribution is 7.17. The van der Waals surface area contributed by atoms with Crippen LogP contribution in [0, 0.1) is 0 Å². The molecule has 9 heteroatoms. The van der Waals surface area contributed by atoms with E-state index in [2.05, 4.69) is 20.5 Å². The van der Waals surface area contributed by atoms with Crippen LogP contribution in [0.3, 0.4) is 0 Å². The maximum Gasteiger partial charge on any atom is 0.271 e. The number of thiophene rings is 1. The molecule has 3 aromatic heterocycles. The van der Waals surface area contributed by atoms with Gasteiger partial charge >= 0.3 is 0 Å². The van der Waals surface area contributed by atoms with E-state index in [1.54, 1.807) is 11.4 Å². The zero-order chi connectivity index (χ0) is 15.5. The summed E-state index contributed by atoms with van der Waals surface area (Å²) in [7, 11) is 0. The molecule has 0 spiro atoms. The van der Waals surface area contributed by atoms with Gasteiger partial charge in [-0.25, -0.2) is 4.98 Å². The quantitative estimate of drug-likeness (QED) is 0.743. The molecule has 0 atom stereocenters. The number of nitrogens with one attached hydrogen (secondary N) is 1. The van der Waals surface area contributed by atoms with Gasteiger partial charge in [0.2, 0.25) is 17.7 Å². The molecule has 3 aromatic rings. The summed E-state index contributed by atoms with van der Waals surface area (Å²) in [5, 5.41) is 12.0. The Morgan fingerprint density at radius 3 is 3.00 bits per heavy atom. The van der Waals surface area contributed by atoms with Gasteiger partial charge in [-0.1, -0.05) is 6.92 Å². The van der Waals surface area contributed by atoms with E-state index < -0.39 is 0 Å². The lowest BCUT2D eigenvalue weighted by Crippen LogP contribution is -2.32. The van der Waals surface area contributed by atoms with Crippen molar-refractivity contribution in [1.29, 1.82) is 0 Å². The molecule has 8 nitrogen and oxygen atoms in total. The van der Waals surface area contributed by atoms with Gasteiger partial charge in [0.1, 0.15) is 11.2 Å². The van der Waals surface area contributed by atoms with Gasteiger partial charge in [-0.05, 0) is 11.4 Å². The number of carbonyl (C=O) groups excluding carboxylic acids is 1. The van der Waals surface area contributed by atoms with Gasteiger partial charge in [-0.3, -0.25) is 14.2 Å². The molecule has 3 rings (SSSR count). The normalized spacial score (nSPS) is 11.0. The van der Waals surface area contributed by atoms with Crippen molar-refractivity contribution in [2.75, 3.05) is 0 Å². The van der Waals surface area contributed by atoms with E-state index in [4.69, 9.17) is 4.42 Å². The molecule has 0 saturated heterocycles. The van der Waals surface area contributed by atoms with Crippen LogP contribution in [-0.2, 0) is 24.3 Å². The summed E-state index contributed by atoms with van der Waals surface area (Å²) >= 11 is 1.31. The summed E-state index contributed by atoms with van der Waals surface area (Å²) in [5.41, 5.74) is 0.422. The second kappa shape index (κ2) is 6.06. The second-order valence-corrected chi connectivity index (χ2v) is 5.45. The zero-order valence-electron chi connectivity index (χ0n) is 11.8. The van der Waals surface area contributed by atoms with Crippen molar-refractivity contribution in [3.63, 3.8) is 0 Å². The minimum Gasteiger partial charge on any atom is -0.423 e. The van der Waals surface area contributed by atoms with E-state index in [0.29, 0.717) is 28.4 Å². The first kappa shape index (κ1) is 14.4. The predicted octanol–water partition coefficient (Wildman–Crippen LogP) is 0.720. The van der Waals surface area contributed by atoms with Gasteiger partial charge in [-0.2, -0.15) is 0 Å². The zero-order valence-corrected chi connectivity index (χ0v) is 12.6. The van der Waals surface area contributed by atoms with Crippen molar-refractivity contribution < 1.29 is 9.21 Å². The topological polar surface area (TPSA) is 103 Å². The van der Waals surface area contributed by atoms with E-state index in [-0.39, 0.29) is 24.6 Å². The van der Waals surface area contributed by atoms with Crippen LogP contribution in [0.4, 0.5) is 0 Å². The molecule has 0 saturated carbocycles. The Hall–Kier alpha value is -2.55. The van der Waals surface area contributed by atoms with Crippen LogP contribution in [0.25, 0.3) is 10.2 Å². The van der Waals surface area contributed by atoms with E-state index in [1.165, 1.54) is 22.2 Å². The number of fused-ring (bicyclic) bond motifs is 1. The fraction of sp³-hybridized carbons (Fsp3) is 0.308. The third-order valence-electron chi connectivity index (χ3n) is 3.00. The van der Waals surface area contributed by atoms with Crippen molar-refractivity contribution >= 4 is 27.5 Å². The summed E-state index contributed by atoms with van der Waals surface area (Å²) in [5.74, 6) is 0.535. The van der Waals surface area contributed by atoms with Crippen LogP contribution in [0.5, 0.6) is 0 Å². The fourth-order valence-electron chi connectivity index (χ4n) is 1.88. The molecule has 0 unspecified atom stereocenters. The average Bonchev–Trinajstić information content (AvgIpc) is 3.17. The first-order valence-corrected chi connectivity index (χ1v) is 7.56. The lowest BCUT2D eigenvalue weighted by atomic mass is 10.4. The van der Waals surface area contributed by atoms with Gasteiger partial charge in [-0.15, -0.1) is 21.5 Å². The number of hydrogen-bond acceptors (Lipinski definition) is 7. The van der Waals surface area contributed by atoms with E-state index in [0.717, 1.165) is 0 Å². The monoisotopic (exact) mass is 319 g/mol. The first-order chi connectivity index (χ1) is 10.7. The average molecular weight is 319 g/mol. The summed E-state index contributed by atoms with van der Waals surface area (Å²) in [4.78, 5) is 28.2. The van der Waals surface area contributed by atoms with Crippen LogP contribution in [0.2, 0.25) is 0 Å². The maximum absolute atomic E-state index is 12.2. The van der Waals surface area contributed by atoms with Crippen LogP contribution in [0.15, 0.2) is 27.0 Å². The number of nitrogens with zero attached hydrogens (tertiary/aromatic N) is 4. The Balaban J connectivity index is 1.65. The van der Waals surface area contributed by atoms with E-state index >= 15 is 0 Å². The molecular weight excluding hydrogens is 306 g/mol. The molecule has 0 fully saturated rings. The minimum atomic E-state index is -0.323. The molecule has 0 aliphatic heterocycles. The number of aryl methyl sites for hydroxylation is 1. The van der Waals surface area contributed by atoms with Crippen LogP contribution in [0.1, 0.15) is 18.7 Å². The standard InChI is InChI=1S/C13H13N5O3S/c1-2-10-16-17-11(21-10)5-14-9(19)6-18-7-15-8-3-4-22-12(8)13(18)20/h3-4,7H,2,5-6H2,1H3,(H,14,19). The molecule has 0 radical (unpaired) electrons. The van der Waals surface area contributed by atoms with Crippen molar-refractivity contribution in [2.45, 2.75) is 26.4 Å². The summed E-state index contributed by atoms with van der Waals surface area (Å²) < 4.78 is 7.11. The van der Waals surface area contributed by atoms with Crippen molar-refractivity contribution in [3.05, 3.63) is 39.9 Å². The summed E-state index contributed by atoms with van der Waals surface area (Å²) in [6.45, 7) is 1.93. The van der Waals surface area contributed by atoms with Crippen LogP contribution in [-0.4, -0.2) is 25.7 Å². The second-order valence-electron chi connectivity index (χ2n) is 4.53. The Labute approximate surface area is 128 Å². The molecule has 1 amide bonds. The molecule has 3 heterocycles. The van der Waals surface area contributed by atoms with E-state index in [9.17, 15) is 9.59 Å². The number of aromatic nitrogens is 4. The molecule has 0 aliphatic carbocycles. The Morgan fingerprint density at radius 2 is 2.23 bits per heavy atom. The highest BCUT2D eigenvalue weighted by Crippen LogP contribution is 2.12. The Kier molecular flexibility index (Phi) is 3.96. The predicted molar refractivity (Wildman–Crippen MR) is 79.4 cm³/mol. The fourth-order valence-corrected chi connectivity index (χ4v) is 2.67. The lowest BCUT2D eigenvalue weighted by molar-refractivity contribution is -0.122. The largest absolute Gasteiger partial charge is 0.423 e. The minimum absolute atomic E-state index is 0.103. The van der Waals surface area contributed by atoms with E-state index in [1.807, 2.05) is 6.92 Å². The molecular formula is C13H13N5O3S. The third kappa shape index (κ3) is 2.89. The Bertz CT molecular complexity index is 866. The van der Waals surface area contributed by atoms with Gasteiger partial charge in [0.05, 0.1) is 18.4 Å². The lowest BCUT2D eigenvalue weighted by Gasteiger charge is -2.05. The summed E-state index contributed by atoms with van der Waals surface area (Å²) in [6, 6.07) is 1.77. The van der Waals surface area contributed by atoms with Crippen LogP contribution < -0.4 is 10.9 Å². The van der Waals surface area contributed by atoms with Gasteiger partial charge in [0.15, 0.2) is 0 Å². The Morgan fingerprint density at radius 1 is 1.41 bits per heavy atom.